The molecule has 7 nitrogen and oxygen atoms in total. The number of nitrogens with zero attached hydrogens (tertiary/aromatic N) is 2. The minimum atomic E-state index is -0.900. The van der Waals surface area contributed by atoms with Gasteiger partial charge < -0.3 is 5.11 Å². The topological polar surface area (TPSA) is 100 Å². The van der Waals surface area contributed by atoms with Crippen LogP contribution in [0.4, 0.5) is 5.69 Å². The predicted molar refractivity (Wildman–Crippen MR) is 75.5 cm³/mol. The van der Waals surface area contributed by atoms with Crippen molar-refractivity contribution in [3.63, 3.8) is 0 Å². The number of aromatic nitrogens is 3. The number of nitrogens with one attached hydrogen (secondary N) is 2. The van der Waals surface area contributed by atoms with E-state index in [-0.39, 0.29) is 5.75 Å². The summed E-state index contributed by atoms with van der Waals surface area (Å²) in [5.74, 6) is -0.387. The minimum Gasteiger partial charge on any atom is -0.481 e. The number of carboxylic acid groups (broad SMARTS) is 1. The second-order valence-corrected chi connectivity index (χ2v) is 4.93. The quantitative estimate of drug-likeness (QED) is 0.553. The first-order valence-electron chi connectivity index (χ1n) is 5.77. The average molecular weight is 294 g/mol. The van der Waals surface area contributed by atoms with E-state index in [4.69, 9.17) is 9.94 Å². The van der Waals surface area contributed by atoms with E-state index in [0.29, 0.717) is 11.0 Å². The molecule has 106 valence electrons. The Hall–Kier alpha value is -2.06. The fourth-order valence-electron chi connectivity index (χ4n) is 1.56. The van der Waals surface area contributed by atoms with Gasteiger partial charge in [0, 0.05) is 5.56 Å². The van der Waals surface area contributed by atoms with Crippen LogP contribution in [0, 0.1) is 6.92 Å². The maximum atomic E-state index is 10.5. The molecule has 0 spiro atoms. The monoisotopic (exact) mass is 294 g/mol. The van der Waals surface area contributed by atoms with Gasteiger partial charge in [-0.25, -0.2) is 4.98 Å². The van der Waals surface area contributed by atoms with Gasteiger partial charge in [0.2, 0.25) is 5.16 Å². The smallest absolute Gasteiger partial charge is 0.313 e. The number of benzene rings is 1. The summed E-state index contributed by atoms with van der Waals surface area (Å²) in [5, 5.41) is 15.8. The number of carboxylic acids is 1. The highest BCUT2D eigenvalue weighted by Gasteiger charge is 2.09. The van der Waals surface area contributed by atoms with Crippen LogP contribution in [0.3, 0.4) is 0 Å². The van der Waals surface area contributed by atoms with Gasteiger partial charge in [-0.05, 0) is 18.6 Å². The molecule has 0 atom stereocenters. The molecule has 1 aromatic heterocycles. The maximum absolute atomic E-state index is 10.5. The third-order valence-corrected chi connectivity index (χ3v) is 3.34. The minimum absolute atomic E-state index is 0.0678. The number of hydrogen-bond donors (Lipinski definition) is 3. The van der Waals surface area contributed by atoms with Crippen molar-refractivity contribution >= 4 is 23.4 Å². The Morgan fingerprint density at radius 3 is 3.05 bits per heavy atom. The molecule has 0 radical (unpaired) electrons. The number of anilines is 1. The molecule has 0 amide bonds. The molecule has 0 aliphatic heterocycles. The van der Waals surface area contributed by atoms with Crippen molar-refractivity contribution in [2.75, 3.05) is 18.3 Å². The molecule has 1 heterocycles. The molecule has 0 fully saturated rings. The van der Waals surface area contributed by atoms with E-state index in [1.807, 2.05) is 25.1 Å². The van der Waals surface area contributed by atoms with Crippen LogP contribution in [0.15, 0.2) is 23.4 Å². The Morgan fingerprint density at radius 2 is 2.35 bits per heavy atom. The number of rotatable bonds is 6. The second-order valence-electron chi connectivity index (χ2n) is 3.98. The van der Waals surface area contributed by atoms with E-state index >= 15 is 0 Å². The highest BCUT2D eigenvalue weighted by atomic mass is 32.2. The summed E-state index contributed by atoms with van der Waals surface area (Å²) in [6, 6.07) is 5.72. The lowest BCUT2D eigenvalue weighted by Crippen LogP contribution is -1.98. The third-order valence-electron chi connectivity index (χ3n) is 2.51. The number of aliphatic carboxylic acids is 1. The molecule has 0 aliphatic carbocycles. The lowest BCUT2D eigenvalue weighted by atomic mass is 10.1. The van der Waals surface area contributed by atoms with E-state index in [1.54, 1.807) is 7.11 Å². The van der Waals surface area contributed by atoms with Gasteiger partial charge in [-0.1, -0.05) is 23.9 Å². The van der Waals surface area contributed by atoms with Crippen molar-refractivity contribution in [3.8, 4) is 11.4 Å². The zero-order valence-electron chi connectivity index (χ0n) is 11.0. The summed E-state index contributed by atoms with van der Waals surface area (Å²) in [7, 11) is 1.54. The predicted octanol–water partition coefficient (Wildman–Crippen LogP) is 1.93. The summed E-state index contributed by atoms with van der Waals surface area (Å²) in [5.41, 5.74) is 5.50. The first-order chi connectivity index (χ1) is 9.60. The SMILES string of the molecule is CONc1cc(-c2nc(SCC(=O)O)n[nH]2)ccc1C. The molecule has 8 heteroatoms. The zero-order valence-corrected chi connectivity index (χ0v) is 11.8. The number of hydrogen-bond acceptors (Lipinski definition) is 6. The Kier molecular flexibility index (Phi) is 4.59. The van der Waals surface area contributed by atoms with Crippen LogP contribution in [0.5, 0.6) is 0 Å². The standard InChI is InChI=1S/C12H14N4O3S/c1-7-3-4-8(5-9(7)16-19-2)11-13-12(15-14-11)20-6-10(17)18/h3-5,16H,6H2,1-2H3,(H,17,18)(H,13,14,15). The fourth-order valence-corrected chi connectivity index (χ4v) is 2.07. The van der Waals surface area contributed by atoms with Crippen molar-refractivity contribution < 1.29 is 14.7 Å². The number of H-pyrrole nitrogens is 1. The van der Waals surface area contributed by atoms with E-state index in [0.717, 1.165) is 28.6 Å². The molecule has 0 bridgehead atoms. The van der Waals surface area contributed by atoms with Gasteiger partial charge >= 0.3 is 5.97 Å². The molecule has 1 aromatic carbocycles. The number of aromatic amines is 1. The van der Waals surface area contributed by atoms with Crippen LogP contribution in [-0.4, -0.2) is 39.1 Å². The molecule has 20 heavy (non-hydrogen) atoms. The normalized spacial score (nSPS) is 10.5. The Labute approximate surface area is 119 Å². The summed E-state index contributed by atoms with van der Waals surface area (Å²) in [6.07, 6.45) is 0. The lowest BCUT2D eigenvalue weighted by Gasteiger charge is -2.08. The first kappa shape index (κ1) is 14.4. The van der Waals surface area contributed by atoms with Crippen molar-refractivity contribution in [2.24, 2.45) is 0 Å². The van der Waals surface area contributed by atoms with Crippen LogP contribution >= 0.6 is 11.8 Å². The van der Waals surface area contributed by atoms with Crippen LogP contribution in [0.25, 0.3) is 11.4 Å². The van der Waals surface area contributed by atoms with Crippen molar-refractivity contribution in [3.05, 3.63) is 23.8 Å². The van der Waals surface area contributed by atoms with E-state index in [1.165, 1.54) is 0 Å². The van der Waals surface area contributed by atoms with E-state index < -0.39 is 5.97 Å². The van der Waals surface area contributed by atoms with Gasteiger partial charge in [0.05, 0.1) is 18.6 Å². The van der Waals surface area contributed by atoms with Gasteiger partial charge in [-0.15, -0.1) is 5.10 Å². The maximum Gasteiger partial charge on any atom is 0.313 e. The van der Waals surface area contributed by atoms with Gasteiger partial charge in [0.25, 0.3) is 0 Å². The zero-order chi connectivity index (χ0) is 14.5. The lowest BCUT2D eigenvalue weighted by molar-refractivity contribution is -0.133. The Morgan fingerprint density at radius 1 is 1.55 bits per heavy atom. The number of aryl methyl sites for hydroxylation is 1. The Bertz CT molecular complexity index is 614. The number of thioether (sulfide) groups is 1. The molecule has 0 aliphatic rings. The molecule has 2 rings (SSSR count). The summed E-state index contributed by atoms with van der Waals surface area (Å²) >= 11 is 1.07. The fraction of sp³-hybridized carbons (Fsp3) is 0.250. The third kappa shape index (κ3) is 3.49. The van der Waals surface area contributed by atoms with Gasteiger partial charge in [0.1, 0.15) is 0 Å². The van der Waals surface area contributed by atoms with Crippen molar-refractivity contribution in [2.45, 2.75) is 12.1 Å². The van der Waals surface area contributed by atoms with Gasteiger partial charge in [-0.2, -0.15) is 0 Å². The highest BCUT2D eigenvalue weighted by Crippen LogP contribution is 2.24. The molecule has 0 saturated heterocycles. The van der Waals surface area contributed by atoms with Crippen LogP contribution in [-0.2, 0) is 9.63 Å². The largest absolute Gasteiger partial charge is 0.481 e. The molecule has 2 aromatic rings. The van der Waals surface area contributed by atoms with Gasteiger partial charge in [0.15, 0.2) is 5.82 Å². The molecular formula is C12H14N4O3S. The van der Waals surface area contributed by atoms with Gasteiger partial charge in [-0.3, -0.25) is 20.2 Å². The van der Waals surface area contributed by atoms with Crippen LogP contribution < -0.4 is 5.48 Å². The second kappa shape index (κ2) is 6.40. The van der Waals surface area contributed by atoms with Crippen molar-refractivity contribution in [1.82, 2.24) is 15.2 Å². The summed E-state index contributed by atoms with van der Waals surface area (Å²) in [4.78, 5) is 19.6. The van der Waals surface area contributed by atoms with E-state index in [2.05, 4.69) is 20.7 Å². The molecule has 3 N–H and O–H groups in total. The highest BCUT2D eigenvalue weighted by molar-refractivity contribution is 7.99. The summed E-state index contributed by atoms with van der Waals surface area (Å²) in [6.45, 7) is 1.96. The average Bonchev–Trinajstić information content (AvgIpc) is 2.88. The number of carbonyl (C=O) groups is 1. The van der Waals surface area contributed by atoms with E-state index in [9.17, 15) is 4.79 Å². The summed E-state index contributed by atoms with van der Waals surface area (Å²) < 4.78 is 0. The van der Waals surface area contributed by atoms with Crippen LogP contribution in [0.2, 0.25) is 0 Å². The molecule has 0 unspecified atom stereocenters. The molecular weight excluding hydrogens is 280 g/mol. The van der Waals surface area contributed by atoms with Crippen molar-refractivity contribution in [1.29, 1.82) is 0 Å². The first-order valence-corrected chi connectivity index (χ1v) is 6.75. The van der Waals surface area contributed by atoms with Crippen LogP contribution in [0.1, 0.15) is 5.56 Å². The molecule has 0 saturated carbocycles. The Balaban J connectivity index is 2.19.